The normalized spacial score (nSPS) is 12.2. The molecule has 0 aromatic carbocycles. The Bertz CT molecular complexity index is 289. The second kappa shape index (κ2) is 3.86. The Labute approximate surface area is 75.8 Å². The smallest absolute Gasteiger partial charge is 0.327 e. The fourth-order valence-corrected chi connectivity index (χ4v) is 0.824. The third kappa shape index (κ3) is 2.16. The van der Waals surface area contributed by atoms with Crippen LogP contribution in [0.1, 0.15) is 6.92 Å². The molecule has 0 aliphatic rings. The largest absolute Gasteiger partial charge is 0.480 e. The predicted molar refractivity (Wildman–Crippen MR) is 48.0 cm³/mol. The number of rotatable bonds is 3. The number of carboxylic acids is 1. The minimum absolute atomic E-state index is 0.442. The predicted octanol–water partition coefficient (Wildman–Crippen LogP) is 0.235. The van der Waals surface area contributed by atoms with Crippen LogP contribution in [0.4, 0.5) is 5.82 Å². The summed E-state index contributed by atoms with van der Waals surface area (Å²) in [6, 6.07) is 4.36. The topological polar surface area (TPSA) is 79.5 Å². The van der Waals surface area contributed by atoms with Crippen molar-refractivity contribution in [3.05, 3.63) is 24.4 Å². The van der Waals surface area contributed by atoms with Crippen molar-refractivity contribution in [3.63, 3.8) is 0 Å². The summed E-state index contributed by atoms with van der Waals surface area (Å²) in [4.78, 5) is 14.5. The molecule has 0 fully saturated rings. The van der Waals surface area contributed by atoms with Crippen LogP contribution in [-0.2, 0) is 4.79 Å². The van der Waals surface area contributed by atoms with Crippen LogP contribution < -0.4 is 10.9 Å². The lowest BCUT2D eigenvalue weighted by atomic mass is 10.3. The lowest BCUT2D eigenvalue weighted by molar-refractivity contribution is -0.138. The molecular weight excluding hydrogens is 170 g/mol. The highest BCUT2D eigenvalue weighted by atomic mass is 16.4. The molecule has 1 aromatic rings. The van der Waals surface area contributed by atoms with Crippen LogP contribution in [0.3, 0.4) is 0 Å². The van der Waals surface area contributed by atoms with Crippen LogP contribution in [-0.4, -0.2) is 22.1 Å². The highest BCUT2D eigenvalue weighted by Crippen LogP contribution is 2.07. The number of aromatic nitrogens is 1. The molecule has 0 aliphatic heterocycles. The summed E-state index contributed by atoms with van der Waals surface area (Å²) < 4.78 is 0. The Morgan fingerprint density at radius 2 is 2.38 bits per heavy atom. The maximum atomic E-state index is 10.6. The number of pyridine rings is 1. The molecule has 0 amide bonds. The summed E-state index contributed by atoms with van der Waals surface area (Å²) in [6.07, 6.45) is 1.56. The number of aliphatic carboxylic acids is 1. The van der Waals surface area contributed by atoms with E-state index in [1.54, 1.807) is 24.4 Å². The average molecular weight is 181 g/mol. The van der Waals surface area contributed by atoms with Crippen molar-refractivity contribution in [2.45, 2.75) is 13.0 Å². The molecule has 1 atom stereocenters. The van der Waals surface area contributed by atoms with Crippen LogP contribution in [0.5, 0.6) is 0 Å². The summed E-state index contributed by atoms with van der Waals surface area (Å²) >= 11 is 0. The quantitative estimate of drug-likeness (QED) is 0.515. The van der Waals surface area contributed by atoms with Crippen molar-refractivity contribution < 1.29 is 9.90 Å². The van der Waals surface area contributed by atoms with Gasteiger partial charge >= 0.3 is 5.97 Å². The molecule has 13 heavy (non-hydrogen) atoms. The van der Waals surface area contributed by atoms with Gasteiger partial charge in [0.05, 0.1) is 0 Å². The van der Waals surface area contributed by atoms with Gasteiger partial charge in [-0.1, -0.05) is 6.07 Å². The SMILES string of the molecule is CC(C(=O)O)N(N)c1ccccn1. The summed E-state index contributed by atoms with van der Waals surface area (Å²) in [7, 11) is 0. The first-order valence-electron chi connectivity index (χ1n) is 3.80. The maximum absolute atomic E-state index is 10.6. The van der Waals surface area contributed by atoms with E-state index in [2.05, 4.69) is 4.98 Å². The zero-order valence-electron chi connectivity index (χ0n) is 7.21. The molecule has 5 nitrogen and oxygen atoms in total. The average Bonchev–Trinajstić information content (AvgIpc) is 2.17. The van der Waals surface area contributed by atoms with E-state index in [0.717, 1.165) is 5.01 Å². The zero-order chi connectivity index (χ0) is 9.84. The second-order valence-electron chi connectivity index (χ2n) is 2.61. The van der Waals surface area contributed by atoms with Crippen LogP contribution in [0.25, 0.3) is 0 Å². The number of carbonyl (C=O) groups is 1. The van der Waals surface area contributed by atoms with E-state index in [4.69, 9.17) is 10.9 Å². The van der Waals surface area contributed by atoms with E-state index >= 15 is 0 Å². The number of nitrogens with zero attached hydrogens (tertiary/aromatic N) is 2. The Morgan fingerprint density at radius 3 is 2.85 bits per heavy atom. The standard InChI is InChI=1S/C8H11N3O2/c1-6(8(12)13)11(9)7-4-2-3-5-10-7/h2-6H,9H2,1H3,(H,12,13). The molecule has 3 N–H and O–H groups in total. The lowest BCUT2D eigenvalue weighted by Gasteiger charge is -2.21. The molecule has 1 rings (SSSR count). The fraction of sp³-hybridized carbons (Fsp3) is 0.250. The van der Waals surface area contributed by atoms with Crippen molar-refractivity contribution in [2.24, 2.45) is 5.84 Å². The van der Waals surface area contributed by atoms with Gasteiger partial charge in [-0.15, -0.1) is 0 Å². The van der Waals surface area contributed by atoms with Crippen molar-refractivity contribution in [2.75, 3.05) is 5.01 Å². The van der Waals surface area contributed by atoms with Crippen LogP contribution >= 0.6 is 0 Å². The molecule has 5 heteroatoms. The molecule has 0 radical (unpaired) electrons. The first kappa shape index (κ1) is 9.47. The Balaban J connectivity index is 2.79. The summed E-state index contributed by atoms with van der Waals surface area (Å²) in [6.45, 7) is 1.50. The van der Waals surface area contributed by atoms with Crippen molar-refractivity contribution >= 4 is 11.8 Å². The highest BCUT2D eigenvalue weighted by molar-refractivity contribution is 5.76. The van der Waals surface area contributed by atoms with Gasteiger partial charge in [0.2, 0.25) is 0 Å². The van der Waals surface area contributed by atoms with E-state index in [0.29, 0.717) is 5.82 Å². The number of hydrogen-bond donors (Lipinski definition) is 2. The Kier molecular flexibility index (Phi) is 2.81. The van der Waals surface area contributed by atoms with Crippen LogP contribution in [0.15, 0.2) is 24.4 Å². The Hall–Kier alpha value is -1.62. The van der Waals surface area contributed by atoms with Gasteiger partial charge in [0.15, 0.2) is 0 Å². The molecule has 0 spiro atoms. The molecule has 0 aliphatic carbocycles. The van der Waals surface area contributed by atoms with Gasteiger partial charge in [-0.25, -0.2) is 15.6 Å². The van der Waals surface area contributed by atoms with Crippen molar-refractivity contribution in [1.29, 1.82) is 0 Å². The minimum atomic E-state index is -0.979. The van der Waals surface area contributed by atoms with E-state index < -0.39 is 12.0 Å². The van der Waals surface area contributed by atoms with E-state index in [9.17, 15) is 4.79 Å². The number of anilines is 1. The number of hydrogen-bond acceptors (Lipinski definition) is 4. The van der Waals surface area contributed by atoms with E-state index in [1.165, 1.54) is 6.92 Å². The molecule has 1 aromatic heterocycles. The number of nitrogens with two attached hydrogens (primary N) is 1. The van der Waals surface area contributed by atoms with E-state index in [-0.39, 0.29) is 0 Å². The lowest BCUT2D eigenvalue weighted by Crippen LogP contribution is -2.44. The molecule has 1 heterocycles. The molecule has 0 saturated heterocycles. The third-order valence-electron chi connectivity index (χ3n) is 1.69. The Morgan fingerprint density at radius 1 is 1.69 bits per heavy atom. The molecule has 0 bridgehead atoms. The fourth-order valence-electron chi connectivity index (χ4n) is 0.824. The first-order valence-corrected chi connectivity index (χ1v) is 3.80. The van der Waals surface area contributed by atoms with Gasteiger partial charge < -0.3 is 5.11 Å². The van der Waals surface area contributed by atoms with Gasteiger partial charge in [-0.3, -0.25) is 5.01 Å². The first-order chi connectivity index (χ1) is 6.13. The molecule has 1 unspecified atom stereocenters. The maximum Gasteiger partial charge on any atom is 0.327 e. The van der Waals surface area contributed by atoms with Gasteiger partial charge in [0.1, 0.15) is 11.9 Å². The third-order valence-corrected chi connectivity index (χ3v) is 1.69. The molecular formula is C8H11N3O2. The van der Waals surface area contributed by atoms with Crippen LogP contribution in [0.2, 0.25) is 0 Å². The number of hydrazine groups is 1. The minimum Gasteiger partial charge on any atom is -0.480 e. The van der Waals surface area contributed by atoms with Gasteiger partial charge in [0.25, 0.3) is 0 Å². The van der Waals surface area contributed by atoms with E-state index in [1.807, 2.05) is 0 Å². The number of carboxylic acid groups (broad SMARTS) is 1. The summed E-state index contributed by atoms with van der Waals surface area (Å²) in [5.74, 6) is 4.99. The van der Waals surface area contributed by atoms with Gasteiger partial charge in [-0.05, 0) is 19.1 Å². The molecule has 0 saturated carbocycles. The van der Waals surface area contributed by atoms with Crippen molar-refractivity contribution in [1.82, 2.24) is 4.98 Å². The second-order valence-corrected chi connectivity index (χ2v) is 2.61. The summed E-state index contributed by atoms with van der Waals surface area (Å²) in [5.41, 5.74) is 0. The van der Waals surface area contributed by atoms with Gasteiger partial charge in [0, 0.05) is 6.20 Å². The summed E-state index contributed by atoms with van der Waals surface area (Å²) in [5, 5.41) is 9.78. The van der Waals surface area contributed by atoms with Crippen LogP contribution in [0, 0.1) is 0 Å². The van der Waals surface area contributed by atoms with Gasteiger partial charge in [-0.2, -0.15) is 0 Å². The monoisotopic (exact) mass is 181 g/mol. The highest BCUT2D eigenvalue weighted by Gasteiger charge is 2.18. The molecule has 70 valence electrons. The zero-order valence-corrected chi connectivity index (χ0v) is 7.21. The van der Waals surface area contributed by atoms with Crippen molar-refractivity contribution in [3.8, 4) is 0 Å².